The summed E-state index contributed by atoms with van der Waals surface area (Å²) in [5.74, 6) is -2.33. The number of carboxylic acids is 1. The van der Waals surface area contributed by atoms with Gasteiger partial charge in [-0.15, -0.1) is 0 Å². The van der Waals surface area contributed by atoms with Gasteiger partial charge in [-0.25, -0.2) is 0 Å². The van der Waals surface area contributed by atoms with Crippen LogP contribution in [0.4, 0.5) is 0 Å². The molecule has 0 aliphatic rings. The Labute approximate surface area is 98.7 Å². The summed E-state index contributed by atoms with van der Waals surface area (Å²) in [6, 6.07) is 0. The first kappa shape index (κ1) is 15.8. The van der Waals surface area contributed by atoms with Crippen LogP contribution in [0.5, 0.6) is 0 Å². The van der Waals surface area contributed by atoms with Crippen molar-refractivity contribution in [3.8, 4) is 0 Å². The van der Waals surface area contributed by atoms with Gasteiger partial charge in [-0.2, -0.15) is 17.4 Å². The van der Waals surface area contributed by atoms with Crippen molar-refractivity contribution < 1.29 is 27.9 Å². The Hall–Kier alpha value is -1.23. The molecule has 0 aromatic heterocycles. The van der Waals surface area contributed by atoms with Crippen LogP contribution in [0, 0.1) is 0 Å². The quantitative estimate of drug-likeness (QED) is 0.390. The lowest BCUT2D eigenvalue weighted by Crippen LogP contribution is -2.47. The molecule has 0 atom stereocenters. The molecule has 1 amide bonds. The number of amides is 1. The van der Waals surface area contributed by atoms with Gasteiger partial charge in [0.1, 0.15) is 6.54 Å². The summed E-state index contributed by atoms with van der Waals surface area (Å²) in [6.45, 7) is -1.45. The summed E-state index contributed by atoms with van der Waals surface area (Å²) in [7, 11) is -2.68. The third-order valence-corrected chi connectivity index (χ3v) is 3.08. The van der Waals surface area contributed by atoms with Crippen LogP contribution >= 0.6 is 0 Å². The molecule has 100 valence electrons. The number of primary amides is 1. The lowest BCUT2D eigenvalue weighted by Gasteiger charge is -2.18. The summed E-state index contributed by atoms with van der Waals surface area (Å²) < 4.78 is 30.3. The van der Waals surface area contributed by atoms with Crippen LogP contribution in [0.1, 0.15) is 0 Å². The Bertz CT molecular complexity index is 352. The second kappa shape index (κ2) is 7.17. The molecule has 9 nitrogen and oxygen atoms in total. The minimum Gasteiger partial charge on any atom is -0.480 e. The van der Waals surface area contributed by atoms with E-state index >= 15 is 0 Å². The molecule has 0 aromatic rings. The van der Waals surface area contributed by atoms with E-state index in [2.05, 4.69) is 9.46 Å². The zero-order valence-corrected chi connectivity index (χ0v) is 10.1. The van der Waals surface area contributed by atoms with E-state index in [1.807, 2.05) is 0 Å². The molecule has 0 saturated carbocycles. The Morgan fingerprint density at radius 1 is 1.41 bits per heavy atom. The second-order valence-corrected chi connectivity index (χ2v) is 4.78. The zero-order valence-electron chi connectivity index (χ0n) is 9.25. The number of carbonyl (C=O) groups excluding carboxylic acids is 1. The molecule has 0 aliphatic heterocycles. The number of nitrogens with zero attached hydrogens (tertiary/aromatic N) is 1. The van der Waals surface area contributed by atoms with E-state index in [0.29, 0.717) is 4.31 Å². The predicted octanol–water partition coefficient (Wildman–Crippen LogP) is -2.66. The molecule has 0 aromatic carbocycles. The molecular weight excluding hydrogens is 254 g/mol. The Morgan fingerprint density at radius 2 is 2.00 bits per heavy atom. The van der Waals surface area contributed by atoms with Crippen LogP contribution in [-0.2, 0) is 24.5 Å². The van der Waals surface area contributed by atoms with Crippen molar-refractivity contribution in [2.45, 2.75) is 0 Å². The maximum Gasteiger partial charge on any atom is 0.318 e. The summed E-state index contributed by atoms with van der Waals surface area (Å²) in [5.41, 5.74) is 4.83. The normalized spacial score (nSPS) is 11.6. The first-order chi connectivity index (χ1) is 7.79. The first-order valence-electron chi connectivity index (χ1n) is 4.53. The highest BCUT2D eigenvalue weighted by Gasteiger charge is 2.25. The van der Waals surface area contributed by atoms with E-state index in [9.17, 15) is 18.0 Å². The molecular formula is C7H15N3O6S. The summed E-state index contributed by atoms with van der Waals surface area (Å²) in [4.78, 5) is 21.1. The molecule has 0 radical (unpaired) electrons. The van der Waals surface area contributed by atoms with Crippen molar-refractivity contribution in [1.82, 2.24) is 9.03 Å². The number of hydrogen-bond donors (Lipinski definition) is 3. The molecule has 17 heavy (non-hydrogen) atoms. The number of carboxylic acid groups (broad SMARTS) is 1. The third kappa shape index (κ3) is 6.84. The van der Waals surface area contributed by atoms with Gasteiger partial charge in [-0.3, -0.25) is 9.59 Å². The van der Waals surface area contributed by atoms with Crippen molar-refractivity contribution in [3.05, 3.63) is 0 Å². The highest BCUT2D eigenvalue weighted by Crippen LogP contribution is 1.97. The van der Waals surface area contributed by atoms with Crippen molar-refractivity contribution >= 4 is 22.1 Å². The molecule has 0 rings (SSSR count). The monoisotopic (exact) mass is 269 g/mol. The maximum absolute atomic E-state index is 11.6. The molecule has 0 unspecified atom stereocenters. The molecule has 0 fully saturated rings. The highest BCUT2D eigenvalue weighted by atomic mass is 32.2. The lowest BCUT2D eigenvalue weighted by molar-refractivity contribution is -0.137. The van der Waals surface area contributed by atoms with Gasteiger partial charge >= 0.3 is 5.97 Å². The number of hydrogen-bond acceptors (Lipinski definition) is 5. The second-order valence-electron chi connectivity index (χ2n) is 3.02. The van der Waals surface area contributed by atoms with E-state index in [1.54, 1.807) is 0 Å². The average Bonchev–Trinajstić information content (AvgIpc) is 2.15. The van der Waals surface area contributed by atoms with E-state index in [4.69, 9.17) is 10.8 Å². The van der Waals surface area contributed by atoms with Gasteiger partial charge in [-0.1, -0.05) is 0 Å². The number of ether oxygens (including phenoxy) is 1. The molecule has 0 spiro atoms. The van der Waals surface area contributed by atoms with Gasteiger partial charge in [-0.05, 0) is 0 Å². The fourth-order valence-electron chi connectivity index (χ4n) is 0.915. The summed E-state index contributed by atoms with van der Waals surface area (Å²) in [6.07, 6.45) is 0. The van der Waals surface area contributed by atoms with E-state index in [0.717, 1.165) is 0 Å². The van der Waals surface area contributed by atoms with Gasteiger partial charge < -0.3 is 15.6 Å². The number of carbonyl (C=O) groups is 2. The van der Waals surface area contributed by atoms with Crippen LogP contribution in [0.15, 0.2) is 0 Å². The molecule has 0 heterocycles. The van der Waals surface area contributed by atoms with Crippen LogP contribution < -0.4 is 10.5 Å². The fraction of sp³-hybridized carbons (Fsp3) is 0.714. The number of rotatable bonds is 9. The number of methoxy groups -OCH3 is 1. The maximum atomic E-state index is 11.6. The van der Waals surface area contributed by atoms with Gasteiger partial charge in [0.05, 0.1) is 13.2 Å². The highest BCUT2D eigenvalue weighted by molar-refractivity contribution is 7.87. The van der Waals surface area contributed by atoms with Crippen LogP contribution in [0.25, 0.3) is 0 Å². The van der Waals surface area contributed by atoms with Crippen LogP contribution in [0.2, 0.25) is 0 Å². The van der Waals surface area contributed by atoms with Gasteiger partial charge in [0.15, 0.2) is 0 Å². The van der Waals surface area contributed by atoms with Crippen molar-refractivity contribution in [3.63, 3.8) is 0 Å². The van der Waals surface area contributed by atoms with Crippen molar-refractivity contribution in [2.24, 2.45) is 5.73 Å². The van der Waals surface area contributed by atoms with Gasteiger partial charge in [0, 0.05) is 13.7 Å². The summed E-state index contributed by atoms with van der Waals surface area (Å²) >= 11 is 0. The SMILES string of the molecule is COCCNS(=O)(=O)N(CC(N)=O)CC(=O)O. The zero-order chi connectivity index (χ0) is 13.5. The van der Waals surface area contributed by atoms with E-state index in [-0.39, 0.29) is 13.2 Å². The Kier molecular flexibility index (Phi) is 6.65. The van der Waals surface area contributed by atoms with Crippen LogP contribution in [-0.4, -0.2) is 63.1 Å². The van der Waals surface area contributed by atoms with E-state index in [1.165, 1.54) is 7.11 Å². The van der Waals surface area contributed by atoms with Crippen LogP contribution in [0.3, 0.4) is 0 Å². The van der Waals surface area contributed by atoms with Gasteiger partial charge in [0.2, 0.25) is 5.91 Å². The number of aliphatic carboxylic acids is 1. The molecule has 0 bridgehead atoms. The van der Waals surface area contributed by atoms with E-state index < -0.39 is 35.2 Å². The topological polar surface area (TPSA) is 139 Å². The molecule has 10 heteroatoms. The Morgan fingerprint density at radius 3 is 2.41 bits per heavy atom. The molecule has 4 N–H and O–H groups in total. The summed E-state index contributed by atoms with van der Waals surface area (Å²) in [5, 5.41) is 8.52. The Balaban J connectivity index is 4.64. The third-order valence-electron chi connectivity index (χ3n) is 1.57. The number of nitrogens with one attached hydrogen (secondary N) is 1. The minimum absolute atomic E-state index is 0.0340. The standard InChI is InChI=1S/C7H15N3O6S/c1-16-3-2-9-17(14,15)10(4-6(8)11)5-7(12)13/h9H,2-5H2,1H3,(H2,8,11)(H,12,13). The minimum atomic E-state index is -4.06. The lowest BCUT2D eigenvalue weighted by atomic mass is 10.5. The predicted molar refractivity (Wildman–Crippen MR) is 57.2 cm³/mol. The van der Waals surface area contributed by atoms with Crippen molar-refractivity contribution in [1.29, 1.82) is 0 Å². The largest absolute Gasteiger partial charge is 0.480 e. The molecule has 0 aliphatic carbocycles. The average molecular weight is 269 g/mol. The smallest absolute Gasteiger partial charge is 0.318 e. The van der Waals surface area contributed by atoms with Gasteiger partial charge in [0.25, 0.3) is 10.2 Å². The number of nitrogens with two attached hydrogens (primary N) is 1. The van der Waals surface area contributed by atoms with Crippen molar-refractivity contribution in [2.75, 3.05) is 33.4 Å². The fourth-order valence-corrected chi connectivity index (χ4v) is 2.02. The molecule has 0 saturated heterocycles. The first-order valence-corrected chi connectivity index (χ1v) is 5.97.